The Hall–Kier alpha value is -2.07. The number of alkyl halides is 5. The first kappa shape index (κ1) is 33.8. The van der Waals surface area contributed by atoms with E-state index < -0.39 is 34.7 Å². The molecule has 234 valence electrons. The van der Waals surface area contributed by atoms with E-state index in [9.17, 15) is 26.7 Å². The van der Waals surface area contributed by atoms with Gasteiger partial charge in [0.1, 0.15) is 0 Å². The van der Waals surface area contributed by atoms with Crippen LogP contribution >= 0.6 is 0 Å². The number of nitrogens with zero attached hydrogens (tertiary/aromatic N) is 4. The van der Waals surface area contributed by atoms with Crippen LogP contribution < -0.4 is 5.73 Å². The van der Waals surface area contributed by atoms with Crippen LogP contribution in [0.2, 0.25) is 0 Å². The first-order valence-electron chi connectivity index (χ1n) is 15.0. The third kappa shape index (κ3) is 9.46. The smallest absolute Gasteiger partial charge is 0.401 e. The Morgan fingerprint density at radius 3 is 2.28 bits per heavy atom. The van der Waals surface area contributed by atoms with E-state index >= 15 is 0 Å². The summed E-state index contributed by atoms with van der Waals surface area (Å²) in [5.41, 5.74) is 4.66. The van der Waals surface area contributed by atoms with Crippen molar-refractivity contribution in [1.82, 2.24) is 18.6 Å². The lowest BCUT2D eigenvalue weighted by molar-refractivity contribution is -0.137. The second-order valence-electron chi connectivity index (χ2n) is 11.8. The van der Waals surface area contributed by atoms with Gasteiger partial charge in [-0.3, -0.25) is 14.6 Å². The highest BCUT2D eigenvalue weighted by Crippen LogP contribution is 2.35. The Kier molecular flexibility index (Phi) is 11.6. The molecule has 0 spiro atoms. The molecule has 0 bridgehead atoms. The van der Waals surface area contributed by atoms with Gasteiger partial charge in [0.25, 0.3) is 28.3 Å². The van der Waals surface area contributed by atoms with Crippen LogP contribution in [0.25, 0.3) is 0 Å². The lowest BCUT2D eigenvalue weighted by Gasteiger charge is -2.45. The van der Waals surface area contributed by atoms with E-state index in [0.717, 1.165) is 50.9 Å². The van der Waals surface area contributed by atoms with Gasteiger partial charge >= 0.3 is 6.18 Å². The summed E-state index contributed by atoms with van der Waals surface area (Å²) in [7, 11) is 0. The first-order valence-corrected chi connectivity index (χ1v) is 15.5. The van der Waals surface area contributed by atoms with Crippen LogP contribution in [0.15, 0.2) is 48.5 Å². The van der Waals surface area contributed by atoms with Gasteiger partial charge in [-0.15, -0.1) is 0 Å². The van der Waals surface area contributed by atoms with E-state index in [0.29, 0.717) is 44.5 Å². The van der Waals surface area contributed by atoms with E-state index in [1.165, 1.54) is 17.7 Å². The predicted molar refractivity (Wildman–Crippen MR) is 158 cm³/mol. The maximum atomic E-state index is 14.2. The van der Waals surface area contributed by atoms with Crippen molar-refractivity contribution in [3.05, 3.63) is 70.8 Å². The fourth-order valence-corrected chi connectivity index (χ4v) is 6.50. The van der Waals surface area contributed by atoms with E-state index in [1.54, 1.807) is 0 Å². The fourth-order valence-electron chi connectivity index (χ4n) is 6.08. The molecular weight excluding hydrogens is 580 g/mol. The predicted octanol–water partition coefficient (Wildman–Crippen LogP) is 4.38. The molecule has 2 heterocycles. The second-order valence-corrected chi connectivity index (χ2v) is 12.5. The number of benzene rings is 2. The van der Waals surface area contributed by atoms with Crippen molar-refractivity contribution >= 4 is 22.4 Å². The number of hydrogen-bond acceptors (Lipinski definition) is 5. The van der Waals surface area contributed by atoms with Crippen molar-refractivity contribution in [3.63, 3.8) is 0 Å². The molecule has 2 aliphatic heterocycles. The Bertz CT molecular complexity index is 1160. The van der Waals surface area contributed by atoms with E-state index in [4.69, 9.17) is 5.73 Å². The van der Waals surface area contributed by atoms with Gasteiger partial charge in [0.05, 0.1) is 5.56 Å². The lowest BCUT2D eigenvalue weighted by atomic mass is 10.00. The highest BCUT2D eigenvalue weighted by molar-refractivity contribution is 6.04. The summed E-state index contributed by atoms with van der Waals surface area (Å²) < 4.78 is 71.6. The second kappa shape index (κ2) is 14.8. The molecule has 0 saturated carbocycles. The quantitative estimate of drug-likeness (QED) is 0.298. The molecule has 2 aromatic carbocycles. The van der Waals surface area contributed by atoms with Crippen molar-refractivity contribution in [1.29, 1.82) is 0 Å². The zero-order chi connectivity index (χ0) is 31.2. The standard InChI is InChI=1S/C31H41F5N5O.Al/c1-30(32,33)25-18-24(19-26(20-25)31(34,35)36)29(42)41(12-9-23-6-3-2-4-7-23)13-10-27(21-37)39-14-16-40(17-15-39)28-8-5-11-38-22-28;/h2-4,6-7,18-20,27-28H,5,8-17,21-22,37H2,1H3;/q-1;+1. The molecular formula is C31H41AlF5N5O. The third-order valence-electron chi connectivity index (χ3n) is 8.63. The summed E-state index contributed by atoms with van der Waals surface area (Å²) in [5, 5.41) is 0. The van der Waals surface area contributed by atoms with Crippen molar-refractivity contribution in [3.8, 4) is 0 Å². The average Bonchev–Trinajstić information content (AvgIpc) is 2.98. The molecule has 2 saturated heterocycles. The molecule has 2 aromatic rings. The van der Waals surface area contributed by atoms with E-state index in [1.807, 2.05) is 30.3 Å². The summed E-state index contributed by atoms with van der Waals surface area (Å²) in [6.45, 7) is 7.04. The molecule has 1 amide bonds. The van der Waals surface area contributed by atoms with Crippen molar-refractivity contribution in [2.75, 3.05) is 58.9 Å². The molecule has 6 nitrogen and oxygen atoms in total. The van der Waals surface area contributed by atoms with Crippen LogP contribution in [-0.4, -0.2) is 112 Å². The normalized spacial score (nSPS) is 20.2. The summed E-state index contributed by atoms with van der Waals surface area (Å²) in [6, 6.07) is 11.9. The molecule has 2 unspecified atom stereocenters. The van der Waals surface area contributed by atoms with Crippen LogP contribution in [-0.2, 0) is 18.5 Å². The Morgan fingerprint density at radius 2 is 1.67 bits per heavy atom. The topological polar surface area (TPSA) is 56.1 Å². The minimum Gasteiger partial charge on any atom is -0.401 e. The fraction of sp³-hybridized carbons (Fsp3) is 0.581. The minimum atomic E-state index is -4.87. The largest absolute Gasteiger partial charge is 0.416 e. The summed E-state index contributed by atoms with van der Waals surface area (Å²) in [4.78, 5) is 20.0. The van der Waals surface area contributed by atoms with Gasteiger partial charge in [0.2, 0.25) is 0 Å². The van der Waals surface area contributed by atoms with Crippen LogP contribution in [0.1, 0.15) is 53.2 Å². The molecule has 4 rings (SSSR count). The number of amides is 1. The number of piperidine rings is 1. The molecule has 2 radical (unpaired) electrons. The van der Waals surface area contributed by atoms with Crippen LogP contribution in [0, 0.1) is 0 Å². The van der Waals surface area contributed by atoms with E-state index in [-0.39, 0.29) is 19.1 Å². The first-order chi connectivity index (χ1) is 20.3. The van der Waals surface area contributed by atoms with Gasteiger partial charge < -0.3 is 14.5 Å². The van der Waals surface area contributed by atoms with Crippen molar-refractivity contribution in [2.45, 2.75) is 56.8 Å². The number of hydrogen-bond donors (Lipinski definition) is 1. The van der Waals surface area contributed by atoms with Gasteiger partial charge in [-0.2, -0.15) is 13.2 Å². The molecule has 0 aromatic heterocycles. The van der Waals surface area contributed by atoms with Gasteiger partial charge in [-0.05, 0) is 62.5 Å². The van der Waals surface area contributed by atoms with Gasteiger partial charge in [0.15, 0.2) is 0 Å². The Morgan fingerprint density at radius 1 is 1.00 bits per heavy atom. The van der Waals surface area contributed by atoms with Gasteiger partial charge in [-0.1, -0.05) is 30.3 Å². The highest BCUT2D eigenvalue weighted by atomic mass is 27.1. The van der Waals surface area contributed by atoms with Crippen LogP contribution in [0.5, 0.6) is 0 Å². The molecule has 2 atom stereocenters. The third-order valence-corrected chi connectivity index (χ3v) is 9.10. The summed E-state index contributed by atoms with van der Waals surface area (Å²) >= 11 is 2.81. The molecule has 12 heteroatoms. The maximum Gasteiger partial charge on any atom is 0.416 e. The van der Waals surface area contributed by atoms with Crippen molar-refractivity contribution in [2.24, 2.45) is 5.73 Å². The van der Waals surface area contributed by atoms with Crippen molar-refractivity contribution < 1.29 is 26.7 Å². The van der Waals surface area contributed by atoms with Crippen LogP contribution in [0.3, 0.4) is 0 Å². The average molecular weight is 622 g/mol. The number of carbonyl (C=O) groups is 1. The Balaban J connectivity index is 1.48. The van der Waals surface area contributed by atoms with Crippen LogP contribution in [0.4, 0.5) is 22.0 Å². The van der Waals surface area contributed by atoms with Gasteiger partial charge in [0, 0.05) is 75.9 Å². The number of carbonyl (C=O) groups excluding carboxylic acids is 1. The summed E-state index contributed by atoms with van der Waals surface area (Å²) in [5.74, 6) is -4.24. The van der Waals surface area contributed by atoms with E-state index in [2.05, 4.69) is 30.2 Å². The van der Waals surface area contributed by atoms with Gasteiger partial charge in [-0.25, -0.2) is 8.78 Å². The number of piperazine rings is 1. The number of nitrogens with two attached hydrogens (primary N) is 1. The Labute approximate surface area is 259 Å². The number of rotatable bonds is 11. The summed E-state index contributed by atoms with van der Waals surface area (Å²) in [6.07, 6.45) is -1.51. The molecule has 0 aliphatic carbocycles. The highest BCUT2D eigenvalue weighted by Gasteiger charge is 2.36. The zero-order valence-corrected chi connectivity index (χ0v) is 25.9. The SMILES string of the molecule is CC(F)(F)c1cc(C(=O)N(CCc2ccccc2)CCC(CN)N2CCN(C3CCC[N]([Al])C3)CC2)cc(C(F)(F)F)c1. The number of halogens is 5. The molecule has 2 N–H and O–H groups in total. The maximum absolute atomic E-state index is 14.2. The molecule has 2 fully saturated rings. The lowest BCUT2D eigenvalue weighted by Crippen LogP contribution is -2.57. The molecule has 2 aliphatic rings. The molecule has 43 heavy (non-hydrogen) atoms. The zero-order valence-electron chi connectivity index (χ0n) is 24.7. The minimum absolute atomic E-state index is 0.0178. The monoisotopic (exact) mass is 621 g/mol.